The largest absolute Gasteiger partial charge is 0.339 e. The highest BCUT2D eigenvalue weighted by Crippen LogP contribution is 2.26. The molecule has 22 heavy (non-hydrogen) atoms. The number of piperidine rings is 1. The Labute approximate surface area is 132 Å². The molecule has 0 radical (unpaired) electrons. The first kappa shape index (κ1) is 15.5. The number of fused-ring (bicyclic) bond motifs is 1. The van der Waals surface area contributed by atoms with Gasteiger partial charge in [-0.1, -0.05) is 6.92 Å². The molecule has 1 amide bonds. The lowest BCUT2D eigenvalue weighted by Gasteiger charge is -2.37. The van der Waals surface area contributed by atoms with E-state index in [1.54, 1.807) is 0 Å². The van der Waals surface area contributed by atoms with Crippen LogP contribution in [-0.2, 0) is 17.8 Å². The van der Waals surface area contributed by atoms with Crippen LogP contribution in [0.25, 0.3) is 0 Å². The van der Waals surface area contributed by atoms with E-state index in [0.29, 0.717) is 0 Å². The van der Waals surface area contributed by atoms with E-state index in [-0.39, 0.29) is 24.0 Å². The summed E-state index contributed by atoms with van der Waals surface area (Å²) < 4.78 is 2.02. The molecule has 0 unspecified atom stereocenters. The van der Waals surface area contributed by atoms with Crippen molar-refractivity contribution in [3.63, 3.8) is 0 Å². The molecule has 0 saturated carbocycles. The van der Waals surface area contributed by atoms with Crippen LogP contribution in [0, 0.1) is 0 Å². The van der Waals surface area contributed by atoms with Crippen molar-refractivity contribution in [1.29, 1.82) is 0 Å². The number of hydrogen-bond acceptors (Lipinski definition) is 4. The van der Waals surface area contributed by atoms with E-state index in [4.69, 9.17) is 0 Å². The Morgan fingerprint density at radius 1 is 1.23 bits per heavy atom. The molecular formula is C16H27N5O. The highest BCUT2D eigenvalue weighted by molar-refractivity contribution is 5.82. The van der Waals surface area contributed by atoms with Crippen LogP contribution in [0.3, 0.4) is 0 Å². The number of carbonyl (C=O) groups is 1. The lowest BCUT2D eigenvalue weighted by atomic mass is 10.00. The van der Waals surface area contributed by atoms with Crippen LogP contribution >= 0.6 is 0 Å². The van der Waals surface area contributed by atoms with Crippen LogP contribution in [0.4, 0.5) is 0 Å². The van der Waals surface area contributed by atoms with E-state index >= 15 is 0 Å². The Hall–Kier alpha value is -1.43. The van der Waals surface area contributed by atoms with Crippen LogP contribution in [0.1, 0.15) is 64.1 Å². The summed E-state index contributed by atoms with van der Waals surface area (Å²) in [6, 6.07) is 0.357. The molecule has 2 aliphatic heterocycles. The molecule has 1 aromatic rings. The van der Waals surface area contributed by atoms with Crippen LogP contribution in [-0.4, -0.2) is 44.2 Å². The Morgan fingerprint density at radius 3 is 2.68 bits per heavy atom. The smallest absolute Gasteiger partial charge is 0.239 e. The number of likely N-dealkylation sites (tertiary alicyclic amines) is 1. The number of amides is 1. The second kappa shape index (κ2) is 6.36. The molecule has 6 heteroatoms. The van der Waals surface area contributed by atoms with E-state index in [9.17, 15) is 4.79 Å². The molecule has 0 spiro atoms. The fourth-order valence-electron chi connectivity index (χ4n) is 3.52. The number of aryl methyl sites for hydroxylation is 2. The van der Waals surface area contributed by atoms with Crippen LogP contribution in [0.2, 0.25) is 0 Å². The van der Waals surface area contributed by atoms with Gasteiger partial charge >= 0.3 is 0 Å². The number of rotatable bonds is 4. The average Bonchev–Trinajstić information content (AvgIpc) is 2.93. The van der Waals surface area contributed by atoms with Gasteiger partial charge < -0.3 is 4.90 Å². The monoisotopic (exact) mass is 305 g/mol. The van der Waals surface area contributed by atoms with Crippen LogP contribution in [0.5, 0.6) is 0 Å². The lowest BCUT2D eigenvalue weighted by molar-refractivity contribution is -0.138. The molecule has 3 rings (SSSR count). The number of hydrogen-bond donors (Lipinski definition) is 1. The third kappa shape index (κ3) is 2.89. The fraction of sp³-hybridized carbons (Fsp3) is 0.812. The molecule has 1 fully saturated rings. The minimum atomic E-state index is -0.0746. The van der Waals surface area contributed by atoms with E-state index in [2.05, 4.69) is 36.2 Å². The molecule has 0 aliphatic carbocycles. The summed E-state index contributed by atoms with van der Waals surface area (Å²) in [5.41, 5.74) is 0. The number of nitrogens with zero attached hydrogens (tertiary/aromatic N) is 4. The van der Waals surface area contributed by atoms with Crippen molar-refractivity contribution >= 4 is 5.91 Å². The van der Waals surface area contributed by atoms with Crippen LogP contribution in [0.15, 0.2) is 0 Å². The maximum Gasteiger partial charge on any atom is 0.239 e. The molecule has 1 N–H and O–H groups in total. The third-order valence-electron chi connectivity index (χ3n) is 4.73. The van der Waals surface area contributed by atoms with Gasteiger partial charge in [0.05, 0.1) is 12.1 Å². The molecule has 6 nitrogen and oxygen atoms in total. The maximum atomic E-state index is 12.6. The van der Waals surface area contributed by atoms with Crippen molar-refractivity contribution in [3.8, 4) is 0 Å². The second-order valence-corrected chi connectivity index (χ2v) is 6.64. The molecule has 2 atom stereocenters. The quantitative estimate of drug-likeness (QED) is 0.919. The molecule has 0 bridgehead atoms. The third-order valence-corrected chi connectivity index (χ3v) is 4.73. The Morgan fingerprint density at radius 2 is 1.95 bits per heavy atom. The van der Waals surface area contributed by atoms with E-state index in [1.807, 2.05) is 9.58 Å². The molecular weight excluding hydrogens is 278 g/mol. The van der Waals surface area contributed by atoms with Crippen LogP contribution < -0.4 is 5.32 Å². The van der Waals surface area contributed by atoms with Gasteiger partial charge in [0.2, 0.25) is 5.91 Å². The van der Waals surface area contributed by atoms with Gasteiger partial charge in [-0.05, 0) is 39.5 Å². The highest BCUT2D eigenvalue weighted by atomic mass is 16.2. The van der Waals surface area contributed by atoms with Crippen molar-refractivity contribution < 1.29 is 4.79 Å². The summed E-state index contributed by atoms with van der Waals surface area (Å²) in [5, 5.41) is 8.12. The summed E-state index contributed by atoms with van der Waals surface area (Å²) in [7, 11) is 0. The van der Waals surface area contributed by atoms with Gasteiger partial charge in [0.1, 0.15) is 5.82 Å². The summed E-state index contributed by atoms with van der Waals surface area (Å²) in [5.74, 6) is 2.16. The maximum absolute atomic E-state index is 12.6. The lowest BCUT2D eigenvalue weighted by Crippen LogP contribution is -2.54. The molecule has 2 aliphatic rings. The molecule has 1 aromatic heterocycles. The highest BCUT2D eigenvalue weighted by Gasteiger charge is 2.34. The van der Waals surface area contributed by atoms with E-state index < -0.39 is 0 Å². The topological polar surface area (TPSA) is 63.1 Å². The number of aromatic nitrogens is 3. The van der Waals surface area contributed by atoms with Gasteiger partial charge in [0.25, 0.3) is 0 Å². The van der Waals surface area contributed by atoms with Gasteiger partial charge in [0, 0.05) is 25.6 Å². The van der Waals surface area contributed by atoms with Crippen molar-refractivity contribution in [2.75, 3.05) is 6.54 Å². The van der Waals surface area contributed by atoms with Gasteiger partial charge in [-0.15, -0.1) is 0 Å². The van der Waals surface area contributed by atoms with Gasteiger partial charge in [-0.3, -0.25) is 10.1 Å². The first-order chi connectivity index (χ1) is 10.6. The standard InChI is InChI=1S/C16H27N5O/c1-4-14-18-15-12(7-6-10-21(15)19-14)17-13-8-5-9-20(11(2)3)16(13)22/h11-13,17H,4-10H2,1-3H3/t12-,13-/m1/s1. The fourth-order valence-corrected chi connectivity index (χ4v) is 3.52. The number of carbonyl (C=O) groups excluding carboxylic acids is 1. The first-order valence-electron chi connectivity index (χ1n) is 8.60. The van der Waals surface area contributed by atoms with Crippen molar-refractivity contribution in [1.82, 2.24) is 25.0 Å². The molecule has 0 aromatic carbocycles. The van der Waals surface area contributed by atoms with Crippen molar-refractivity contribution in [2.45, 2.75) is 77.5 Å². The van der Waals surface area contributed by atoms with E-state index in [1.165, 1.54) is 0 Å². The minimum absolute atomic E-state index is 0.0746. The number of nitrogens with one attached hydrogen (secondary N) is 1. The average molecular weight is 305 g/mol. The van der Waals surface area contributed by atoms with E-state index in [0.717, 1.165) is 56.8 Å². The predicted molar refractivity (Wildman–Crippen MR) is 84.4 cm³/mol. The Balaban J connectivity index is 1.74. The molecule has 1 saturated heterocycles. The van der Waals surface area contributed by atoms with Crippen molar-refractivity contribution in [3.05, 3.63) is 11.6 Å². The normalized spacial score (nSPS) is 25.6. The van der Waals surface area contributed by atoms with Crippen molar-refractivity contribution in [2.24, 2.45) is 0 Å². The van der Waals surface area contributed by atoms with Gasteiger partial charge in [0.15, 0.2) is 5.82 Å². The molecule has 122 valence electrons. The molecule has 3 heterocycles. The SMILES string of the molecule is CCc1nc2n(n1)CCC[C@H]2N[C@@H]1CCCN(C(C)C)C1=O. The second-order valence-electron chi connectivity index (χ2n) is 6.64. The summed E-state index contributed by atoms with van der Waals surface area (Å²) in [4.78, 5) is 19.3. The van der Waals surface area contributed by atoms with Gasteiger partial charge in [-0.25, -0.2) is 9.67 Å². The predicted octanol–water partition coefficient (Wildman–Crippen LogP) is 1.66. The zero-order valence-electron chi connectivity index (χ0n) is 13.9. The summed E-state index contributed by atoms with van der Waals surface area (Å²) in [6.45, 7) is 8.08. The zero-order chi connectivity index (χ0) is 15.7. The van der Waals surface area contributed by atoms with Gasteiger partial charge in [-0.2, -0.15) is 5.10 Å². The Bertz CT molecular complexity index is 539. The first-order valence-corrected chi connectivity index (χ1v) is 8.60. The minimum Gasteiger partial charge on any atom is -0.339 e. The summed E-state index contributed by atoms with van der Waals surface area (Å²) in [6.07, 6.45) is 4.98. The summed E-state index contributed by atoms with van der Waals surface area (Å²) >= 11 is 0. The Kier molecular flexibility index (Phi) is 4.47. The zero-order valence-corrected chi connectivity index (χ0v) is 13.9.